The Balaban J connectivity index is 1.37. The number of benzene rings is 1. The number of aryl methyl sites for hydroxylation is 2. The third-order valence-electron chi connectivity index (χ3n) is 6.11. The van der Waals surface area contributed by atoms with Crippen LogP contribution in [0.15, 0.2) is 28.6 Å². The molecule has 33 heavy (non-hydrogen) atoms. The Morgan fingerprint density at radius 2 is 2.03 bits per heavy atom. The molecule has 1 N–H and O–H groups in total. The van der Waals surface area contributed by atoms with Crippen molar-refractivity contribution in [1.29, 1.82) is 0 Å². The average molecular weight is 491 g/mol. The van der Waals surface area contributed by atoms with Crippen LogP contribution < -0.4 is 10.9 Å². The van der Waals surface area contributed by atoms with Gasteiger partial charge in [-0.2, -0.15) is 0 Å². The zero-order chi connectivity index (χ0) is 23.3. The Kier molecular flexibility index (Phi) is 5.84. The summed E-state index contributed by atoms with van der Waals surface area (Å²) in [5.74, 6) is -3.83. The fourth-order valence-corrected chi connectivity index (χ4v) is 6.27. The van der Waals surface area contributed by atoms with E-state index in [0.717, 1.165) is 44.5 Å². The maximum absolute atomic E-state index is 13.5. The van der Waals surface area contributed by atoms with Crippen molar-refractivity contribution in [2.24, 2.45) is 0 Å². The van der Waals surface area contributed by atoms with E-state index in [2.05, 4.69) is 15.3 Å². The molecule has 0 fully saturated rings. The minimum absolute atomic E-state index is 0.0562. The van der Waals surface area contributed by atoms with Crippen molar-refractivity contribution in [3.05, 3.63) is 78.4 Å². The molecule has 3 heterocycles. The van der Waals surface area contributed by atoms with Crippen molar-refractivity contribution in [2.45, 2.75) is 51.7 Å². The molecule has 0 spiro atoms. The van der Waals surface area contributed by atoms with Gasteiger partial charge in [0.25, 0.3) is 5.56 Å². The summed E-state index contributed by atoms with van der Waals surface area (Å²) in [7, 11) is 0. The number of nitrogens with zero attached hydrogens (tertiary/aromatic N) is 3. The largest absolute Gasteiger partial charge is 0.310 e. The number of rotatable bonds is 5. The van der Waals surface area contributed by atoms with Crippen LogP contribution in [-0.2, 0) is 19.4 Å². The van der Waals surface area contributed by atoms with Crippen LogP contribution in [0.4, 0.5) is 13.2 Å². The number of aromatic nitrogens is 3. The molecule has 0 bridgehead atoms. The zero-order valence-corrected chi connectivity index (χ0v) is 19.6. The van der Waals surface area contributed by atoms with Gasteiger partial charge in [-0.1, -0.05) is 0 Å². The highest BCUT2D eigenvalue weighted by Gasteiger charge is 2.26. The lowest BCUT2D eigenvalue weighted by Crippen LogP contribution is -2.34. The second kappa shape index (κ2) is 8.66. The van der Waals surface area contributed by atoms with E-state index in [-0.39, 0.29) is 24.2 Å². The minimum atomic E-state index is -1.45. The van der Waals surface area contributed by atoms with E-state index in [1.54, 1.807) is 22.2 Å². The molecule has 1 aliphatic carbocycles. The molecule has 0 radical (unpaired) electrons. The summed E-state index contributed by atoms with van der Waals surface area (Å²) >= 11 is 3.07. The molecule has 0 unspecified atom stereocenters. The van der Waals surface area contributed by atoms with Crippen LogP contribution in [-0.4, -0.2) is 20.6 Å². The molecule has 1 aliphatic rings. The highest BCUT2D eigenvalue weighted by atomic mass is 32.1. The molecule has 10 heteroatoms. The highest BCUT2D eigenvalue weighted by Crippen LogP contribution is 2.34. The molecule has 5 rings (SSSR count). The number of halogens is 3. The molecule has 2 atom stereocenters. The molecule has 0 amide bonds. The molecule has 0 saturated heterocycles. The lowest BCUT2D eigenvalue weighted by atomic mass is 9.93. The second-order valence-corrected chi connectivity index (χ2v) is 10.4. The third kappa shape index (κ3) is 4.11. The van der Waals surface area contributed by atoms with Gasteiger partial charge in [-0.3, -0.25) is 9.36 Å². The number of fused-ring (bicyclic) bond motifs is 3. The molecule has 5 nitrogen and oxygen atoms in total. The molecule has 4 aromatic rings. The van der Waals surface area contributed by atoms with E-state index >= 15 is 0 Å². The maximum atomic E-state index is 13.5. The van der Waals surface area contributed by atoms with E-state index in [9.17, 15) is 18.0 Å². The summed E-state index contributed by atoms with van der Waals surface area (Å²) in [5, 5.41) is 6.91. The maximum Gasteiger partial charge on any atom is 0.262 e. The van der Waals surface area contributed by atoms with Crippen molar-refractivity contribution < 1.29 is 13.2 Å². The van der Waals surface area contributed by atoms with Gasteiger partial charge in [0, 0.05) is 22.8 Å². The van der Waals surface area contributed by atoms with Gasteiger partial charge in [0.05, 0.1) is 28.5 Å². The van der Waals surface area contributed by atoms with Crippen LogP contribution in [0.25, 0.3) is 10.2 Å². The van der Waals surface area contributed by atoms with Gasteiger partial charge in [-0.15, -0.1) is 22.7 Å². The van der Waals surface area contributed by atoms with E-state index in [1.807, 2.05) is 19.2 Å². The topological polar surface area (TPSA) is 59.8 Å². The first-order valence-corrected chi connectivity index (χ1v) is 12.3. The second-order valence-electron chi connectivity index (χ2n) is 8.30. The van der Waals surface area contributed by atoms with E-state index in [0.29, 0.717) is 23.8 Å². The monoisotopic (exact) mass is 490 g/mol. The molecule has 172 valence electrons. The number of nitrogens with one attached hydrogen (secondary N) is 1. The van der Waals surface area contributed by atoms with Gasteiger partial charge in [0.1, 0.15) is 4.83 Å². The van der Waals surface area contributed by atoms with Gasteiger partial charge < -0.3 is 5.32 Å². The summed E-state index contributed by atoms with van der Waals surface area (Å²) in [6, 6.07) is 1.90. The van der Waals surface area contributed by atoms with E-state index in [1.165, 1.54) is 11.3 Å². The van der Waals surface area contributed by atoms with E-state index < -0.39 is 17.5 Å². The molecular weight excluding hydrogens is 469 g/mol. The van der Waals surface area contributed by atoms with Crippen molar-refractivity contribution >= 4 is 32.9 Å². The minimum Gasteiger partial charge on any atom is -0.310 e. The zero-order valence-electron chi connectivity index (χ0n) is 18.0. The van der Waals surface area contributed by atoms with Crippen molar-refractivity contribution in [3.63, 3.8) is 0 Å². The number of hydrogen-bond donors (Lipinski definition) is 1. The van der Waals surface area contributed by atoms with Crippen molar-refractivity contribution in [2.75, 3.05) is 0 Å². The predicted octanol–water partition coefficient (Wildman–Crippen LogP) is 4.90. The van der Waals surface area contributed by atoms with Crippen molar-refractivity contribution in [1.82, 2.24) is 19.9 Å². The summed E-state index contributed by atoms with van der Waals surface area (Å²) in [6.45, 7) is 4.12. The Labute approximate surface area is 195 Å². The summed E-state index contributed by atoms with van der Waals surface area (Å²) in [6.07, 6.45) is 3.78. The molecule has 3 aromatic heterocycles. The summed E-state index contributed by atoms with van der Waals surface area (Å²) in [4.78, 5) is 24.3. The standard InChI is InChI=1S/C23H21F3N4OS2/c1-11(18-9-32-12(2)29-18)30-10-28-22-20(23(30)31)15-4-3-14(7-19(15)33-22)27-8-13-5-16(24)21(26)17(25)6-13/h5-6,9-11,14,27H,3-4,7-8H2,1-2H3/t11-,14+/m0/s1. The first-order valence-electron chi connectivity index (χ1n) is 10.6. The predicted molar refractivity (Wildman–Crippen MR) is 124 cm³/mol. The molecule has 0 saturated carbocycles. The molecule has 1 aromatic carbocycles. The molecular formula is C23H21F3N4OS2. The quantitative estimate of drug-likeness (QED) is 0.405. The van der Waals surface area contributed by atoms with Crippen LogP contribution in [0, 0.1) is 24.4 Å². The van der Waals surface area contributed by atoms with E-state index in [4.69, 9.17) is 0 Å². The first-order chi connectivity index (χ1) is 15.8. The lowest BCUT2D eigenvalue weighted by molar-refractivity contribution is 0.437. The first kappa shape index (κ1) is 22.2. The van der Waals surface area contributed by atoms with Gasteiger partial charge in [0.15, 0.2) is 17.5 Å². The fraction of sp³-hybridized carbons (Fsp3) is 0.348. The third-order valence-corrected chi connectivity index (χ3v) is 8.07. The Morgan fingerprint density at radius 3 is 2.73 bits per heavy atom. The van der Waals surface area contributed by atoms with Gasteiger partial charge >= 0.3 is 0 Å². The summed E-state index contributed by atoms with van der Waals surface area (Å²) < 4.78 is 41.8. The van der Waals surface area contributed by atoms with Gasteiger partial charge in [0.2, 0.25) is 0 Å². The average Bonchev–Trinajstić information content (AvgIpc) is 3.39. The Hall–Kier alpha value is -2.56. The van der Waals surface area contributed by atoms with Gasteiger partial charge in [-0.25, -0.2) is 23.1 Å². The van der Waals surface area contributed by atoms with Crippen LogP contribution in [0.3, 0.4) is 0 Å². The number of thiophene rings is 1. The highest BCUT2D eigenvalue weighted by molar-refractivity contribution is 7.18. The van der Waals surface area contributed by atoms with Crippen LogP contribution >= 0.6 is 22.7 Å². The number of thiazole rings is 1. The fourth-order valence-electron chi connectivity index (χ4n) is 4.32. The van der Waals surface area contributed by atoms with Crippen LogP contribution in [0.1, 0.15) is 46.1 Å². The summed E-state index contributed by atoms with van der Waals surface area (Å²) in [5.41, 5.74) is 2.19. The van der Waals surface area contributed by atoms with Crippen LogP contribution in [0.2, 0.25) is 0 Å². The van der Waals surface area contributed by atoms with Crippen molar-refractivity contribution in [3.8, 4) is 0 Å². The Bertz CT molecular complexity index is 1390. The van der Waals surface area contributed by atoms with Crippen LogP contribution in [0.5, 0.6) is 0 Å². The lowest BCUT2D eigenvalue weighted by Gasteiger charge is -2.23. The SMILES string of the molecule is Cc1nc([C@H](C)n2cnc3sc4c(c3c2=O)CC[C@@H](NCc2cc(F)c(F)c(F)c2)C4)cs1. The normalized spacial score (nSPS) is 16.8. The Morgan fingerprint density at radius 1 is 1.27 bits per heavy atom. The smallest absolute Gasteiger partial charge is 0.262 e. The number of hydrogen-bond acceptors (Lipinski definition) is 6. The van der Waals surface area contributed by atoms with Gasteiger partial charge in [-0.05, 0) is 56.4 Å². The molecule has 0 aliphatic heterocycles.